The maximum absolute atomic E-state index is 13.9. The molecule has 1 heterocycles. The molecule has 4 rings (SSSR count). The first-order valence-corrected chi connectivity index (χ1v) is 9.83. The van der Waals surface area contributed by atoms with Crippen LogP contribution in [0.5, 0.6) is 5.75 Å². The zero-order chi connectivity index (χ0) is 21.5. The molecule has 0 bridgehead atoms. The third kappa shape index (κ3) is 5.33. The molecule has 31 heavy (non-hydrogen) atoms. The average molecular weight is 416 g/mol. The number of hydrogen-bond acceptors (Lipinski definition) is 4. The topological polar surface area (TPSA) is 69.0 Å². The Balaban J connectivity index is 1.45. The fourth-order valence-electron chi connectivity index (χ4n) is 3.15. The molecule has 1 aromatic heterocycles. The van der Waals surface area contributed by atoms with Crippen LogP contribution in [0, 0.1) is 5.82 Å². The van der Waals surface area contributed by atoms with Gasteiger partial charge in [0.2, 0.25) is 0 Å². The summed E-state index contributed by atoms with van der Waals surface area (Å²) < 4.78 is 21.3. The minimum absolute atomic E-state index is 0.0983. The summed E-state index contributed by atoms with van der Waals surface area (Å²) in [6.45, 7) is 0.673. The van der Waals surface area contributed by atoms with Gasteiger partial charge >= 0.3 is 0 Å². The summed E-state index contributed by atoms with van der Waals surface area (Å²) in [5.41, 5.74) is 2.40. The van der Waals surface area contributed by atoms with Gasteiger partial charge in [-0.15, -0.1) is 0 Å². The van der Waals surface area contributed by atoms with Gasteiger partial charge in [0.1, 0.15) is 19.3 Å². The molecule has 1 N–H and O–H groups in total. The molecule has 0 spiro atoms. The van der Waals surface area contributed by atoms with E-state index < -0.39 is 11.9 Å². The lowest BCUT2D eigenvalue weighted by atomic mass is 10.1. The molecule has 1 atom stereocenters. The van der Waals surface area contributed by atoms with Crippen LogP contribution in [-0.2, 0) is 6.54 Å². The number of aromatic nitrogens is 3. The second-order valence-corrected chi connectivity index (χ2v) is 6.97. The average Bonchev–Trinajstić information content (AvgIpc) is 3.31. The summed E-state index contributed by atoms with van der Waals surface area (Å²) in [6, 6.07) is 22.5. The normalized spacial score (nSPS) is 11.6. The summed E-state index contributed by atoms with van der Waals surface area (Å²) in [6.07, 6.45) is 3.12. The lowest BCUT2D eigenvalue weighted by Gasteiger charge is -2.20. The van der Waals surface area contributed by atoms with Crippen LogP contribution in [0.3, 0.4) is 0 Å². The van der Waals surface area contributed by atoms with Crippen molar-refractivity contribution in [1.82, 2.24) is 20.1 Å². The van der Waals surface area contributed by atoms with Crippen molar-refractivity contribution in [2.24, 2.45) is 0 Å². The molecule has 0 saturated carbocycles. The Labute approximate surface area is 179 Å². The summed E-state index contributed by atoms with van der Waals surface area (Å²) in [5.74, 6) is -0.531. The molecule has 0 aliphatic carbocycles. The fourth-order valence-corrected chi connectivity index (χ4v) is 3.15. The van der Waals surface area contributed by atoms with E-state index >= 15 is 0 Å². The second kappa shape index (κ2) is 9.67. The number of hydrogen-bond donors (Lipinski definition) is 1. The van der Waals surface area contributed by atoms with Crippen LogP contribution in [0.1, 0.15) is 27.5 Å². The SMILES string of the molecule is O=C(NC(COc1ccccc1F)c1ccccc1)c1ccc(Cn2cncn2)cc1. The van der Waals surface area contributed by atoms with Crippen molar-refractivity contribution >= 4 is 5.91 Å². The predicted octanol–water partition coefficient (Wildman–Crippen LogP) is 4.02. The summed E-state index contributed by atoms with van der Waals surface area (Å²) >= 11 is 0. The minimum atomic E-state index is -0.442. The lowest BCUT2D eigenvalue weighted by Crippen LogP contribution is -2.32. The van der Waals surface area contributed by atoms with Gasteiger partial charge in [-0.1, -0.05) is 54.6 Å². The number of carbonyl (C=O) groups excluding carboxylic acids is 1. The van der Waals surface area contributed by atoms with E-state index in [0.29, 0.717) is 12.1 Å². The molecule has 0 radical (unpaired) electrons. The van der Waals surface area contributed by atoms with E-state index in [-0.39, 0.29) is 18.3 Å². The van der Waals surface area contributed by atoms with E-state index in [1.165, 1.54) is 12.4 Å². The van der Waals surface area contributed by atoms with Crippen molar-refractivity contribution in [3.63, 3.8) is 0 Å². The van der Waals surface area contributed by atoms with E-state index in [4.69, 9.17) is 4.74 Å². The number of amides is 1. The van der Waals surface area contributed by atoms with Crippen molar-refractivity contribution in [3.05, 3.63) is 114 Å². The number of benzene rings is 3. The summed E-state index contributed by atoms with van der Waals surface area (Å²) in [4.78, 5) is 16.8. The first-order chi connectivity index (χ1) is 15.2. The molecule has 1 unspecified atom stereocenters. The molecule has 0 aliphatic rings. The van der Waals surface area contributed by atoms with Crippen molar-refractivity contribution in [2.45, 2.75) is 12.6 Å². The van der Waals surface area contributed by atoms with Gasteiger partial charge in [-0.05, 0) is 35.4 Å². The van der Waals surface area contributed by atoms with Crippen molar-refractivity contribution in [1.29, 1.82) is 0 Å². The number of carbonyl (C=O) groups is 1. The highest BCUT2D eigenvalue weighted by molar-refractivity contribution is 5.94. The smallest absolute Gasteiger partial charge is 0.251 e. The van der Waals surface area contributed by atoms with Gasteiger partial charge in [0, 0.05) is 5.56 Å². The molecule has 156 valence electrons. The van der Waals surface area contributed by atoms with Crippen LogP contribution in [-0.4, -0.2) is 27.3 Å². The van der Waals surface area contributed by atoms with Gasteiger partial charge in [0.05, 0.1) is 12.6 Å². The molecule has 0 fully saturated rings. The van der Waals surface area contributed by atoms with Crippen LogP contribution in [0.15, 0.2) is 91.5 Å². The van der Waals surface area contributed by atoms with E-state index in [2.05, 4.69) is 15.4 Å². The molecule has 0 aliphatic heterocycles. The van der Waals surface area contributed by atoms with Crippen LogP contribution in [0.2, 0.25) is 0 Å². The second-order valence-electron chi connectivity index (χ2n) is 6.97. The number of ether oxygens (including phenoxy) is 1. The van der Waals surface area contributed by atoms with Gasteiger partial charge in [-0.2, -0.15) is 5.10 Å². The molecule has 1 amide bonds. The lowest BCUT2D eigenvalue weighted by molar-refractivity contribution is 0.0920. The largest absolute Gasteiger partial charge is 0.488 e. The standard InChI is InChI=1S/C24H21FN4O2/c25-21-8-4-5-9-23(21)31-15-22(19-6-2-1-3-7-19)28-24(30)20-12-10-18(11-13-20)14-29-17-26-16-27-29/h1-13,16-17,22H,14-15H2,(H,28,30). The molecule has 7 heteroatoms. The maximum Gasteiger partial charge on any atom is 0.251 e. The first-order valence-electron chi connectivity index (χ1n) is 9.83. The molecule has 3 aromatic carbocycles. The van der Waals surface area contributed by atoms with Gasteiger partial charge in [0.25, 0.3) is 5.91 Å². The van der Waals surface area contributed by atoms with Crippen LogP contribution in [0.25, 0.3) is 0 Å². The van der Waals surface area contributed by atoms with E-state index in [9.17, 15) is 9.18 Å². The quantitative estimate of drug-likeness (QED) is 0.471. The van der Waals surface area contributed by atoms with E-state index in [1.54, 1.807) is 41.3 Å². The van der Waals surface area contributed by atoms with E-state index in [0.717, 1.165) is 11.1 Å². The van der Waals surface area contributed by atoms with Crippen molar-refractivity contribution < 1.29 is 13.9 Å². The van der Waals surface area contributed by atoms with Gasteiger partial charge in [-0.3, -0.25) is 4.79 Å². The highest BCUT2D eigenvalue weighted by Crippen LogP contribution is 2.20. The van der Waals surface area contributed by atoms with Crippen molar-refractivity contribution in [2.75, 3.05) is 6.61 Å². The first kappa shape index (κ1) is 20.3. The molecule has 4 aromatic rings. The molecular weight excluding hydrogens is 395 g/mol. The summed E-state index contributed by atoms with van der Waals surface area (Å²) in [7, 11) is 0. The van der Waals surface area contributed by atoms with Gasteiger partial charge < -0.3 is 10.1 Å². The number of nitrogens with zero attached hydrogens (tertiary/aromatic N) is 3. The monoisotopic (exact) mass is 416 g/mol. The number of halogens is 1. The zero-order valence-electron chi connectivity index (χ0n) is 16.7. The Kier molecular flexibility index (Phi) is 6.32. The Morgan fingerprint density at radius 2 is 1.74 bits per heavy atom. The van der Waals surface area contributed by atoms with Gasteiger partial charge in [0.15, 0.2) is 11.6 Å². The Morgan fingerprint density at radius 3 is 2.45 bits per heavy atom. The Hall–Kier alpha value is -4.00. The predicted molar refractivity (Wildman–Crippen MR) is 114 cm³/mol. The molecule has 6 nitrogen and oxygen atoms in total. The molecule has 0 saturated heterocycles. The van der Waals surface area contributed by atoms with Crippen LogP contribution >= 0.6 is 0 Å². The van der Waals surface area contributed by atoms with E-state index in [1.807, 2.05) is 42.5 Å². The van der Waals surface area contributed by atoms with Gasteiger partial charge in [-0.25, -0.2) is 14.1 Å². The number of para-hydroxylation sites is 1. The van der Waals surface area contributed by atoms with Crippen LogP contribution < -0.4 is 10.1 Å². The third-order valence-corrected chi connectivity index (χ3v) is 4.78. The maximum atomic E-state index is 13.9. The van der Waals surface area contributed by atoms with Crippen LogP contribution in [0.4, 0.5) is 4.39 Å². The third-order valence-electron chi connectivity index (χ3n) is 4.78. The highest BCUT2D eigenvalue weighted by Gasteiger charge is 2.17. The molecular formula is C24H21FN4O2. The Bertz CT molecular complexity index is 1120. The number of rotatable bonds is 8. The highest BCUT2D eigenvalue weighted by atomic mass is 19.1. The van der Waals surface area contributed by atoms with Crippen molar-refractivity contribution in [3.8, 4) is 5.75 Å². The summed E-state index contributed by atoms with van der Waals surface area (Å²) in [5, 5.41) is 7.07. The zero-order valence-corrected chi connectivity index (χ0v) is 16.7. The fraction of sp³-hybridized carbons (Fsp3) is 0.125. The minimum Gasteiger partial charge on any atom is -0.488 e. The number of nitrogens with one attached hydrogen (secondary N) is 1. The Morgan fingerprint density at radius 1 is 1.00 bits per heavy atom.